The fraction of sp³-hybridized carbons (Fsp3) is 0.200. The minimum atomic E-state index is -1.16. The smallest absolute Gasteiger partial charge is 0.331 e. The predicted molar refractivity (Wildman–Crippen MR) is 59.5 cm³/mol. The number of carbonyl (C=O) groups excluding carboxylic acids is 1. The Balaban J connectivity index is 2.87. The lowest BCUT2D eigenvalue weighted by Crippen LogP contribution is -2.18. The summed E-state index contributed by atoms with van der Waals surface area (Å²) in [5.41, 5.74) is -0.366. The number of amides is 1. The summed E-state index contributed by atoms with van der Waals surface area (Å²) in [6.07, 6.45) is 0. The number of hydrogen-bond donors (Lipinski definition) is 3. The van der Waals surface area contributed by atoms with Gasteiger partial charge in [-0.1, -0.05) is 0 Å². The van der Waals surface area contributed by atoms with Crippen LogP contribution in [0.25, 0.3) is 0 Å². The van der Waals surface area contributed by atoms with Crippen molar-refractivity contribution in [2.45, 2.75) is 13.8 Å². The molecule has 0 bridgehead atoms. The number of H-pyrrole nitrogens is 1. The molecule has 0 atom stereocenters. The number of carboxylic acid groups (broad SMARTS) is 1. The lowest BCUT2D eigenvalue weighted by atomic mass is 10.1. The molecule has 0 saturated carbocycles. The van der Waals surface area contributed by atoms with E-state index in [-0.39, 0.29) is 17.0 Å². The number of nitrogens with one attached hydrogen (secondary N) is 2. The first kappa shape index (κ1) is 12.6. The molecular weight excluding hydrogens is 226 g/mol. The summed E-state index contributed by atoms with van der Waals surface area (Å²) in [7, 11) is 0. The van der Waals surface area contributed by atoms with E-state index in [9.17, 15) is 14.4 Å². The van der Waals surface area contributed by atoms with E-state index in [1.807, 2.05) is 0 Å². The van der Waals surface area contributed by atoms with E-state index in [4.69, 9.17) is 5.11 Å². The summed E-state index contributed by atoms with van der Waals surface area (Å²) in [4.78, 5) is 32.9. The Morgan fingerprint density at radius 2 is 1.94 bits per heavy atom. The summed E-state index contributed by atoms with van der Waals surface area (Å²) >= 11 is 0. The average molecular weight is 237 g/mol. The number of hydrogen-bond acceptors (Lipinski definition) is 4. The van der Waals surface area contributed by atoms with Crippen LogP contribution in [0.3, 0.4) is 0 Å². The van der Waals surface area contributed by atoms with Gasteiger partial charge in [0.1, 0.15) is 0 Å². The molecule has 1 aromatic heterocycles. The Labute approximate surface area is 96.2 Å². The molecule has 7 heteroatoms. The van der Waals surface area contributed by atoms with E-state index < -0.39 is 17.4 Å². The monoisotopic (exact) mass is 237 g/mol. The minimum Gasteiger partial charge on any atom is -0.478 e. The number of aromatic nitrogens is 2. The van der Waals surface area contributed by atoms with Gasteiger partial charge in [-0.15, -0.1) is 0 Å². The average Bonchev–Trinajstić information content (AvgIpc) is 2.30. The molecular formula is C10H11N3O4. The molecule has 0 aliphatic heterocycles. The zero-order chi connectivity index (χ0) is 13.0. The normalized spacial score (nSPS) is 11.6. The summed E-state index contributed by atoms with van der Waals surface area (Å²) < 4.78 is 0. The fourth-order valence-corrected chi connectivity index (χ4v) is 0.955. The predicted octanol–water partition coefficient (Wildman–Crippen LogP) is 0.129. The van der Waals surface area contributed by atoms with Crippen LogP contribution in [0, 0.1) is 0 Å². The Kier molecular flexibility index (Phi) is 3.76. The van der Waals surface area contributed by atoms with Crippen LogP contribution in [0.15, 0.2) is 28.1 Å². The summed E-state index contributed by atoms with van der Waals surface area (Å²) in [5.74, 6) is -1.59. The Morgan fingerprint density at radius 1 is 1.29 bits per heavy atom. The molecule has 0 aliphatic carbocycles. The molecule has 0 saturated heterocycles. The second-order valence-electron chi connectivity index (χ2n) is 3.32. The lowest BCUT2D eigenvalue weighted by Gasteiger charge is -2.05. The van der Waals surface area contributed by atoms with Gasteiger partial charge in [-0.2, -0.15) is 5.10 Å². The molecule has 1 heterocycles. The first-order valence-electron chi connectivity index (χ1n) is 4.69. The van der Waals surface area contributed by atoms with Gasteiger partial charge in [-0.3, -0.25) is 9.59 Å². The quantitative estimate of drug-likeness (QED) is 0.647. The zero-order valence-corrected chi connectivity index (χ0v) is 9.27. The third-order valence-electron chi connectivity index (χ3n) is 2.14. The van der Waals surface area contributed by atoms with Gasteiger partial charge in [0.2, 0.25) is 0 Å². The Morgan fingerprint density at radius 3 is 2.41 bits per heavy atom. The highest BCUT2D eigenvalue weighted by Crippen LogP contribution is 2.06. The van der Waals surface area contributed by atoms with Crippen LogP contribution >= 0.6 is 0 Å². The van der Waals surface area contributed by atoms with Gasteiger partial charge in [0, 0.05) is 17.2 Å². The highest BCUT2D eigenvalue weighted by molar-refractivity contribution is 6.07. The Bertz CT molecular complexity index is 524. The molecule has 17 heavy (non-hydrogen) atoms. The van der Waals surface area contributed by atoms with Crippen molar-refractivity contribution in [3.05, 3.63) is 33.6 Å². The standard InChI is InChI=1S/C10H11N3O4/c1-5(6(2)10(16)17)9(15)11-7-3-4-8(14)13-12-7/h3-4H,1-2H3,(H,13,14)(H,16,17)(H,11,12,15)/b6-5+. The van der Waals surface area contributed by atoms with Crippen LogP contribution in [-0.2, 0) is 9.59 Å². The van der Waals surface area contributed by atoms with Crippen LogP contribution in [0.1, 0.15) is 13.8 Å². The first-order valence-corrected chi connectivity index (χ1v) is 4.69. The maximum absolute atomic E-state index is 11.6. The van der Waals surface area contributed by atoms with Crippen LogP contribution in [0.2, 0.25) is 0 Å². The molecule has 0 spiro atoms. The number of carbonyl (C=O) groups is 2. The summed E-state index contributed by atoms with van der Waals surface area (Å²) in [6.45, 7) is 2.72. The second-order valence-corrected chi connectivity index (χ2v) is 3.32. The van der Waals surface area contributed by atoms with Crippen molar-refractivity contribution >= 4 is 17.7 Å². The van der Waals surface area contributed by atoms with Gasteiger partial charge in [0.15, 0.2) is 5.82 Å². The van der Waals surface area contributed by atoms with Crippen LogP contribution in [0.5, 0.6) is 0 Å². The van der Waals surface area contributed by atoms with Crippen molar-refractivity contribution < 1.29 is 14.7 Å². The molecule has 1 rings (SSSR count). The van der Waals surface area contributed by atoms with E-state index in [1.165, 1.54) is 26.0 Å². The molecule has 7 nitrogen and oxygen atoms in total. The first-order chi connectivity index (χ1) is 7.91. The minimum absolute atomic E-state index is 0.0491. The molecule has 3 N–H and O–H groups in total. The molecule has 1 amide bonds. The molecule has 90 valence electrons. The van der Waals surface area contributed by atoms with Gasteiger partial charge < -0.3 is 10.4 Å². The van der Waals surface area contributed by atoms with Crippen molar-refractivity contribution in [3.63, 3.8) is 0 Å². The SMILES string of the molecule is C/C(C(=O)O)=C(/C)C(=O)Nc1ccc(=O)[nH]n1. The number of aromatic amines is 1. The van der Waals surface area contributed by atoms with Crippen LogP contribution in [-0.4, -0.2) is 27.2 Å². The molecule has 0 unspecified atom stereocenters. The number of anilines is 1. The van der Waals surface area contributed by atoms with Crippen LogP contribution in [0.4, 0.5) is 5.82 Å². The zero-order valence-electron chi connectivity index (χ0n) is 9.27. The lowest BCUT2D eigenvalue weighted by molar-refractivity contribution is -0.133. The van der Waals surface area contributed by atoms with Crippen molar-refractivity contribution in [2.75, 3.05) is 5.32 Å². The number of nitrogens with zero attached hydrogens (tertiary/aromatic N) is 1. The third kappa shape index (κ3) is 3.26. The molecule has 0 aliphatic rings. The van der Waals surface area contributed by atoms with Gasteiger partial charge >= 0.3 is 5.97 Å². The van der Waals surface area contributed by atoms with E-state index in [2.05, 4.69) is 15.5 Å². The fourth-order valence-electron chi connectivity index (χ4n) is 0.955. The highest BCUT2D eigenvalue weighted by atomic mass is 16.4. The maximum atomic E-state index is 11.6. The van der Waals surface area contributed by atoms with Gasteiger partial charge in [0.25, 0.3) is 11.5 Å². The number of carboxylic acids is 1. The van der Waals surface area contributed by atoms with Gasteiger partial charge in [-0.05, 0) is 19.9 Å². The number of aliphatic carboxylic acids is 1. The van der Waals surface area contributed by atoms with E-state index in [0.717, 1.165) is 0 Å². The van der Waals surface area contributed by atoms with E-state index in [1.54, 1.807) is 0 Å². The summed E-state index contributed by atoms with van der Waals surface area (Å²) in [5, 5.41) is 16.8. The summed E-state index contributed by atoms with van der Waals surface area (Å²) in [6, 6.07) is 2.52. The van der Waals surface area contributed by atoms with Crippen molar-refractivity contribution in [1.82, 2.24) is 10.2 Å². The van der Waals surface area contributed by atoms with Crippen molar-refractivity contribution in [2.24, 2.45) is 0 Å². The highest BCUT2D eigenvalue weighted by Gasteiger charge is 2.13. The van der Waals surface area contributed by atoms with Crippen molar-refractivity contribution in [1.29, 1.82) is 0 Å². The van der Waals surface area contributed by atoms with Crippen LogP contribution < -0.4 is 10.9 Å². The van der Waals surface area contributed by atoms with Gasteiger partial charge in [0.05, 0.1) is 0 Å². The topological polar surface area (TPSA) is 112 Å². The largest absolute Gasteiger partial charge is 0.478 e. The van der Waals surface area contributed by atoms with E-state index in [0.29, 0.717) is 0 Å². The molecule has 0 fully saturated rings. The van der Waals surface area contributed by atoms with E-state index >= 15 is 0 Å². The molecule has 0 aromatic carbocycles. The van der Waals surface area contributed by atoms with Crippen molar-refractivity contribution in [3.8, 4) is 0 Å². The maximum Gasteiger partial charge on any atom is 0.331 e. The molecule has 0 radical (unpaired) electrons. The van der Waals surface area contributed by atoms with Gasteiger partial charge in [-0.25, -0.2) is 9.89 Å². The number of rotatable bonds is 3. The Hall–Kier alpha value is -2.44. The third-order valence-corrected chi connectivity index (χ3v) is 2.14. The molecule has 1 aromatic rings. The second kappa shape index (κ2) is 5.06.